The molecule has 21 heavy (non-hydrogen) atoms. The Labute approximate surface area is 125 Å². The highest BCUT2D eigenvalue weighted by Crippen LogP contribution is 2.20. The molecule has 2 aliphatic rings. The Kier molecular flexibility index (Phi) is 4.38. The van der Waals surface area contributed by atoms with Crippen molar-refractivity contribution < 1.29 is 4.79 Å². The van der Waals surface area contributed by atoms with Crippen molar-refractivity contribution in [3.8, 4) is 0 Å². The average Bonchev–Trinajstić information content (AvgIpc) is 3.09. The van der Waals surface area contributed by atoms with Gasteiger partial charge in [-0.2, -0.15) is 10.1 Å². The lowest BCUT2D eigenvalue weighted by atomic mass is 9.96. The van der Waals surface area contributed by atoms with Gasteiger partial charge in [0.2, 0.25) is 11.9 Å². The third-order valence-corrected chi connectivity index (χ3v) is 4.60. The summed E-state index contributed by atoms with van der Waals surface area (Å²) in [5, 5.41) is 6.76. The van der Waals surface area contributed by atoms with Crippen LogP contribution in [0, 0.1) is 5.92 Å². The number of aromatic amines is 1. The van der Waals surface area contributed by atoms with Crippen molar-refractivity contribution in [3.05, 3.63) is 6.33 Å². The minimum atomic E-state index is 0.190. The Morgan fingerprint density at radius 2 is 2.14 bits per heavy atom. The first-order chi connectivity index (χ1) is 10.3. The molecule has 0 aliphatic carbocycles. The highest BCUT2D eigenvalue weighted by atomic mass is 16.2. The van der Waals surface area contributed by atoms with Crippen LogP contribution in [-0.2, 0) is 4.79 Å². The predicted octanol–water partition coefficient (Wildman–Crippen LogP) is 0.185. The lowest BCUT2D eigenvalue weighted by Crippen LogP contribution is -2.52. The predicted molar refractivity (Wildman–Crippen MR) is 80.0 cm³/mol. The molecule has 1 N–H and O–H groups in total. The standard InChI is InChI=1S/C14H24N6O/c1-2-18-5-3-4-12(10-18)13(21)19-6-8-20(9-7-19)14-15-11-16-17-14/h11-12H,2-10H2,1H3,(H,15,16,17)/t12-/m1/s1. The van der Waals surface area contributed by atoms with Gasteiger partial charge >= 0.3 is 0 Å². The van der Waals surface area contributed by atoms with Crippen LogP contribution in [0.5, 0.6) is 0 Å². The van der Waals surface area contributed by atoms with Crippen molar-refractivity contribution in [1.29, 1.82) is 0 Å². The van der Waals surface area contributed by atoms with Crippen LogP contribution in [0.15, 0.2) is 6.33 Å². The summed E-state index contributed by atoms with van der Waals surface area (Å²) in [6.45, 7) is 8.49. The Hall–Kier alpha value is -1.63. The van der Waals surface area contributed by atoms with Crippen LogP contribution in [-0.4, -0.2) is 76.7 Å². The van der Waals surface area contributed by atoms with E-state index in [4.69, 9.17) is 0 Å². The summed E-state index contributed by atoms with van der Waals surface area (Å²) in [4.78, 5) is 23.4. The van der Waals surface area contributed by atoms with Crippen molar-refractivity contribution in [2.24, 2.45) is 5.92 Å². The maximum atomic E-state index is 12.7. The second kappa shape index (κ2) is 6.43. The Morgan fingerprint density at radius 1 is 1.33 bits per heavy atom. The largest absolute Gasteiger partial charge is 0.339 e. The first kappa shape index (κ1) is 14.3. The van der Waals surface area contributed by atoms with E-state index in [0.29, 0.717) is 5.91 Å². The zero-order valence-corrected chi connectivity index (χ0v) is 12.7. The van der Waals surface area contributed by atoms with E-state index in [9.17, 15) is 4.79 Å². The van der Waals surface area contributed by atoms with E-state index in [2.05, 4.69) is 31.9 Å². The van der Waals surface area contributed by atoms with Crippen LogP contribution in [0.4, 0.5) is 5.95 Å². The number of piperidine rings is 1. The summed E-state index contributed by atoms with van der Waals surface area (Å²) in [5.74, 6) is 1.33. The van der Waals surface area contributed by atoms with Crippen LogP contribution in [0.25, 0.3) is 0 Å². The molecule has 3 heterocycles. The minimum absolute atomic E-state index is 0.190. The molecule has 0 aromatic carbocycles. The maximum Gasteiger partial charge on any atom is 0.227 e. The molecule has 1 aromatic heterocycles. The Bertz CT molecular complexity index is 454. The summed E-state index contributed by atoms with van der Waals surface area (Å²) in [5.41, 5.74) is 0. The number of carbonyl (C=O) groups excluding carboxylic acids is 1. The van der Waals surface area contributed by atoms with Gasteiger partial charge in [0.25, 0.3) is 0 Å². The lowest BCUT2D eigenvalue weighted by molar-refractivity contribution is -0.137. The van der Waals surface area contributed by atoms with E-state index in [-0.39, 0.29) is 5.92 Å². The first-order valence-corrected chi connectivity index (χ1v) is 7.89. The molecular formula is C14H24N6O. The molecule has 2 aliphatic heterocycles. The van der Waals surface area contributed by atoms with Crippen molar-refractivity contribution in [2.45, 2.75) is 19.8 Å². The smallest absolute Gasteiger partial charge is 0.227 e. The number of hydrogen-bond acceptors (Lipinski definition) is 5. The van der Waals surface area contributed by atoms with Gasteiger partial charge in [-0.15, -0.1) is 0 Å². The van der Waals surface area contributed by atoms with Gasteiger partial charge in [0, 0.05) is 32.7 Å². The number of rotatable bonds is 3. The number of aromatic nitrogens is 3. The molecule has 3 rings (SSSR count). The normalized spacial score (nSPS) is 24.3. The van der Waals surface area contributed by atoms with Crippen LogP contribution < -0.4 is 4.90 Å². The van der Waals surface area contributed by atoms with E-state index >= 15 is 0 Å². The molecule has 0 unspecified atom stereocenters. The summed E-state index contributed by atoms with van der Waals surface area (Å²) in [6.07, 6.45) is 3.70. The molecule has 1 amide bonds. The molecule has 0 radical (unpaired) electrons. The van der Waals surface area contributed by atoms with Crippen LogP contribution in [0.1, 0.15) is 19.8 Å². The molecule has 7 heteroatoms. The number of carbonyl (C=O) groups is 1. The number of piperazine rings is 1. The third-order valence-electron chi connectivity index (χ3n) is 4.60. The lowest BCUT2D eigenvalue weighted by Gasteiger charge is -2.38. The van der Waals surface area contributed by atoms with Gasteiger partial charge in [-0.05, 0) is 25.9 Å². The molecule has 2 saturated heterocycles. The van der Waals surface area contributed by atoms with Gasteiger partial charge in [-0.3, -0.25) is 4.79 Å². The fourth-order valence-electron chi connectivity index (χ4n) is 3.29. The quantitative estimate of drug-likeness (QED) is 0.861. The van der Waals surface area contributed by atoms with Gasteiger partial charge in [0.05, 0.1) is 5.92 Å². The monoisotopic (exact) mass is 292 g/mol. The number of amides is 1. The van der Waals surface area contributed by atoms with E-state index < -0.39 is 0 Å². The van der Waals surface area contributed by atoms with Gasteiger partial charge in [0.15, 0.2) is 0 Å². The summed E-state index contributed by atoms with van der Waals surface area (Å²) >= 11 is 0. The molecule has 1 aromatic rings. The fourth-order valence-corrected chi connectivity index (χ4v) is 3.29. The summed E-state index contributed by atoms with van der Waals surface area (Å²) < 4.78 is 0. The molecule has 1 atom stereocenters. The molecule has 0 spiro atoms. The average molecular weight is 292 g/mol. The third kappa shape index (κ3) is 3.18. The van der Waals surface area contributed by atoms with E-state index in [1.807, 2.05) is 4.90 Å². The second-order valence-corrected chi connectivity index (χ2v) is 5.85. The molecular weight excluding hydrogens is 268 g/mol. The number of likely N-dealkylation sites (tertiary alicyclic amines) is 1. The second-order valence-electron chi connectivity index (χ2n) is 5.85. The summed E-state index contributed by atoms with van der Waals surface area (Å²) in [7, 11) is 0. The van der Waals surface area contributed by atoms with Crippen molar-refractivity contribution in [1.82, 2.24) is 25.0 Å². The molecule has 0 bridgehead atoms. The molecule has 2 fully saturated rings. The fraction of sp³-hybridized carbons (Fsp3) is 0.786. The van der Waals surface area contributed by atoms with Crippen LogP contribution in [0.2, 0.25) is 0 Å². The van der Waals surface area contributed by atoms with Gasteiger partial charge in [0.1, 0.15) is 6.33 Å². The zero-order chi connectivity index (χ0) is 14.7. The Balaban J connectivity index is 1.53. The molecule has 116 valence electrons. The topological polar surface area (TPSA) is 68.4 Å². The van der Waals surface area contributed by atoms with E-state index in [1.54, 1.807) is 0 Å². The first-order valence-electron chi connectivity index (χ1n) is 7.89. The maximum absolute atomic E-state index is 12.7. The highest BCUT2D eigenvalue weighted by molar-refractivity contribution is 5.79. The minimum Gasteiger partial charge on any atom is -0.339 e. The number of anilines is 1. The zero-order valence-electron chi connectivity index (χ0n) is 12.7. The molecule has 7 nitrogen and oxygen atoms in total. The van der Waals surface area contributed by atoms with Gasteiger partial charge in [-0.1, -0.05) is 6.92 Å². The van der Waals surface area contributed by atoms with Gasteiger partial charge in [-0.25, -0.2) is 5.10 Å². The van der Waals surface area contributed by atoms with Crippen molar-refractivity contribution >= 4 is 11.9 Å². The number of nitrogens with one attached hydrogen (secondary N) is 1. The number of H-pyrrole nitrogens is 1. The number of nitrogens with zero attached hydrogens (tertiary/aromatic N) is 5. The SMILES string of the molecule is CCN1CCC[C@@H](C(=O)N2CCN(c3ncn[nH]3)CC2)C1. The van der Waals surface area contributed by atoms with Crippen LogP contribution in [0.3, 0.4) is 0 Å². The van der Waals surface area contributed by atoms with Crippen molar-refractivity contribution in [3.63, 3.8) is 0 Å². The molecule has 0 saturated carbocycles. The summed E-state index contributed by atoms with van der Waals surface area (Å²) in [6, 6.07) is 0. The Morgan fingerprint density at radius 3 is 2.81 bits per heavy atom. The van der Waals surface area contributed by atoms with E-state index in [1.165, 1.54) is 6.33 Å². The highest BCUT2D eigenvalue weighted by Gasteiger charge is 2.30. The number of hydrogen-bond donors (Lipinski definition) is 1. The van der Waals surface area contributed by atoms with E-state index in [0.717, 1.165) is 64.6 Å². The van der Waals surface area contributed by atoms with Crippen LogP contribution >= 0.6 is 0 Å². The van der Waals surface area contributed by atoms with Crippen molar-refractivity contribution in [2.75, 3.05) is 50.7 Å². The van der Waals surface area contributed by atoms with Gasteiger partial charge < -0.3 is 14.7 Å².